The van der Waals surface area contributed by atoms with Gasteiger partial charge in [-0.2, -0.15) is 0 Å². The number of benzene rings is 2. The van der Waals surface area contributed by atoms with Crippen molar-refractivity contribution < 1.29 is 0 Å². The van der Waals surface area contributed by atoms with Gasteiger partial charge in [-0.25, -0.2) is 0 Å². The molecular weight excluding hydrogens is 232 g/mol. The Labute approximate surface area is 115 Å². The normalized spacial score (nSPS) is 10.5. The summed E-state index contributed by atoms with van der Waals surface area (Å²) in [6, 6.07) is 17.2. The largest absolute Gasteiger partial charge is 0.370 e. The number of anilines is 1. The van der Waals surface area contributed by atoms with Crippen molar-refractivity contribution in [2.45, 2.75) is 19.9 Å². The molecule has 19 heavy (non-hydrogen) atoms. The molecule has 0 amide bonds. The standard InChI is InChI=1S/C17H22N2/c1-14-5-3-4-6-16(14)13-19(2)17-9-7-15(8-10-17)11-12-18/h3-10H,11-13,18H2,1-2H3. The molecular formula is C17H22N2. The summed E-state index contributed by atoms with van der Waals surface area (Å²) in [6.07, 6.45) is 0.946. The van der Waals surface area contributed by atoms with Gasteiger partial charge in [0.05, 0.1) is 0 Å². The fraction of sp³-hybridized carbons (Fsp3) is 0.294. The van der Waals surface area contributed by atoms with E-state index >= 15 is 0 Å². The van der Waals surface area contributed by atoms with Crippen LogP contribution in [0.1, 0.15) is 16.7 Å². The van der Waals surface area contributed by atoms with E-state index in [0.29, 0.717) is 6.54 Å². The molecule has 2 N–H and O–H groups in total. The van der Waals surface area contributed by atoms with Crippen molar-refractivity contribution in [3.63, 3.8) is 0 Å². The molecule has 2 aromatic carbocycles. The Morgan fingerprint density at radius 3 is 2.32 bits per heavy atom. The molecule has 0 saturated carbocycles. The summed E-state index contributed by atoms with van der Waals surface area (Å²) in [5.74, 6) is 0. The monoisotopic (exact) mass is 254 g/mol. The van der Waals surface area contributed by atoms with E-state index < -0.39 is 0 Å². The van der Waals surface area contributed by atoms with E-state index in [1.165, 1.54) is 22.4 Å². The second-order valence-electron chi connectivity index (χ2n) is 4.99. The molecule has 2 heteroatoms. The van der Waals surface area contributed by atoms with Crippen LogP contribution in [0.25, 0.3) is 0 Å². The predicted octanol–water partition coefficient (Wildman–Crippen LogP) is 3.13. The Hall–Kier alpha value is -1.80. The Balaban J connectivity index is 2.07. The smallest absolute Gasteiger partial charge is 0.0428 e. The van der Waals surface area contributed by atoms with Crippen molar-refractivity contribution in [2.24, 2.45) is 5.73 Å². The van der Waals surface area contributed by atoms with Crippen LogP contribution in [0.5, 0.6) is 0 Å². The molecule has 2 aromatic rings. The summed E-state index contributed by atoms with van der Waals surface area (Å²) >= 11 is 0. The van der Waals surface area contributed by atoms with Crippen LogP contribution in [0.2, 0.25) is 0 Å². The second kappa shape index (κ2) is 6.39. The van der Waals surface area contributed by atoms with Gasteiger partial charge < -0.3 is 10.6 Å². The topological polar surface area (TPSA) is 29.3 Å². The van der Waals surface area contributed by atoms with Crippen molar-refractivity contribution in [3.8, 4) is 0 Å². The van der Waals surface area contributed by atoms with E-state index in [2.05, 4.69) is 67.4 Å². The van der Waals surface area contributed by atoms with Gasteiger partial charge in [-0.15, -0.1) is 0 Å². The summed E-state index contributed by atoms with van der Waals surface area (Å²) in [5, 5.41) is 0. The van der Waals surface area contributed by atoms with Crippen molar-refractivity contribution in [2.75, 3.05) is 18.5 Å². The summed E-state index contributed by atoms with van der Waals surface area (Å²) in [6.45, 7) is 3.80. The molecule has 0 heterocycles. The van der Waals surface area contributed by atoms with Crippen molar-refractivity contribution in [3.05, 3.63) is 65.2 Å². The molecule has 0 saturated heterocycles. The van der Waals surface area contributed by atoms with Crippen LogP contribution in [0.3, 0.4) is 0 Å². The lowest BCUT2D eigenvalue weighted by atomic mass is 10.1. The highest BCUT2D eigenvalue weighted by atomic mass is 15.1. The first-order valence-electron chi connectivity index (χ1n) is 6.75. The maximum Gasteiger partial charge on any atom is 0.0428 e. The molecule has 0 aliphatic rings. The molecule has 0 spiro atoms. The van der Waals surface area contributed by atoms with Crippen molar-refractivity contribution in [1.82, 2.24) is 0 Å². The van der Waals surface area contributed by atoms with E-state index in [-0.39, 0.29) is 0 Å². The maximum atomic E-state index is 5.57. The third-order valence-electron chi connectivity index (χ3n) is 3.48. The van der Waals surface area contributed by atoms with Gasteiger partial charge in [0.15, 0.2) is 0 Å². The highest BCUT2D eigenvalue weighted by Crippen LogP contribution is 2.18. The number of rotatable bonds is 5. The number of nitrogens with zero attached hydrogens (tertiary/aromatic N) is 1. The minimum Gasteiger partial charge on any atom is -0.370 e. The molecule has 0 bridgehead atoms. The molecule has 0 radical (unpaired) electrons. The van der Waals surface area contributed by atoms with Crippen LogP contribution in [-0.2, 0) is 13.0 Å². The highest BCUT2D eigenvalue weighted by molar-refractivity contribution is 5.48. The fourth-order valence-electron chi connectivity index (χ4n) is 2.22. The van der Waals surface area contributed by atoms with Gasteiger partial charge in [0.2, 0.25) is 0 Å². The third kappa shape index (κ3) is 3.58. The Bertz CT molecular complexity index is 517. The van der Waals surface area contributed by atoms with E-state index in [4.69, 9.17) is 5.73 Å². The molecule has 0 aromatic heterocycles. The minimum absolute atomic E-state index is 0.707. The van der Waals surface area contributed by atoms with Crippen LogP contribution in [0.15, 0.2) is 48.5 Å². The molecule has 0 aliphatic heterocycles. The number of hydrogen-bond donors (Lipinski definition) is 1. The average molecular weight is 254 g/mol. The zero-order valence-corrected chi connectivity index (χ0v) is 11.8. The minimum atomic E-state index is 0.707. The Morgan fingerprint density at radius 2 is 1.68 bits per heavy atom. The number of hydrogen-bond acceptors (Lipinski definition) is 2. The number of nitrogens with two attached hydrogens (primary N) is 1. The van der Waals surface area contributed by atoms with E-state index in [1.54, 1.807) is 0 Å². The highest BCUT2D eigenvalue weighted by Gasteiger charge is 2.04. The first kappa shape index (κ1) is 13.6. The average Bonchev–Trinajstić information content (AvgIpc) is 2.42. The fourth-order valence-corrected chi connectivity index (χ4v) is 2.22. The first-order chi connectivity index (χ1) is 9.20. The number of aryl methyl sites for hydroxylation is 1. The van der Waals surface area contributed by atoms with Crippen LogP contribution in [-0.4, -0.2) is 13.6 Å². The summed E-state index contributed by atoms with van der Waals surface area (Å²) in [5.41, 5.74) is 10.8. The van der Waals surface area contributed by atoms with Gasteiger partial charge in [-0.05, 0) is 48.7 Å². The molecule has 100 valence electrons. The first-order valence-corrected chi connectivity index (χ1v) is 6.75. The van der Waals surface area contributed by atoms with Gasteiger partial charge in [0.1, 0.15) is 0 Å². The van der Waals surface area contributed by atoms with Crippen LogP contribution >= 0.6 is 0 Å². The van der Waals surface area contributed by atoms with E-state index in [0.717, 1.165) is 13.0 Å². The molecule has 0 fully saturated rings. The van der Waals surface area contributed by atoms with Gasteiger partial charge >= 0.3 is 0 Å². The molecule has 0 atom stereocenters. The summed E-state index contributed by atoms with van der Waals surface area (Å²) in [4.78, 5) is 2.27. The molecule has 2 nitrogen and oxygen atoms in total. The van der Waals surface area contributed by atoms with Crippen LogP contribution in [0, 0.1) is 6.92 Å². The Kier molecular flexibility index (Phi) is 4.58. The molecule has 2 rings (SSSR count). The quantitative estimate of drug-likeness (QED) is 0.888. The van der Waals surface area contributed by atoms with Crippen molar-refractivity contribution >= 4 is 5.69 Å². The van der Waals surface area contributed by atoms with Gasteiger partial charge in [-0.3, -0.25) is 0 Å². The zero-order valence-electron chi connectivity index (χ0n) is 11.8. The lowest BCUT2D eigenvalue weighted by Crippen LogP contribution is -2.17. The Morgan fingerprint density at radius 1 is 1.00 bits per heavy atom. The third-order valence-corrected chi connectivity index (χ3v) is 3.48. The molecule has 0 unspecified atom stereocenters. The lowest BCUT2D eigenvalue weighted by Gasteiger charge is -2.20. The van der Waals surface area contributed by atoms with Crippen LogP contribution < -0.4 is 10.6 Å². The second-order valence-corrected chi connectivity index (χ2v) is 4.99. The maximum absolute atomic E-state index is 5.57. The zero-order chi connectivity index (χ0) is 13.7. The summed E-state index contributed by atoms with van der Waals surface area (Å²) < 4.78 is 0. The van der Waals surface area contributed by atoms with E-state index in [1.807, 2.05) is 0 Å². The molecule has 0 aliphatic carbocycles. The van der Waals surface area contributed by atoms with Crippen LogP contribution in [0.4, 0.5) is 5.69 Å². The van der Waals surface area contributed by atoms with Crippen molar-refractivity contribution in [1.29, 1.82) is 0 Å². The van der Waals surface area contributed by atoms with Gasteiger partial charge in [0.25, 0.3) is 0 Å². The SMILES string of the molecule is Cc1ccccc1CN(C)c1ccc(CCN)cc1. The predicted molar refractivity (Wildman–Crippen MR) is 82.5 cm³/mol. The van der Waals surface area contributed by atoms with Gasteiger partial charge in [0, 0.05) is 19.3 Å². The van der Waals surface area contributed by atoms with Gasteiger partial charge in [-0.1, -0.05) is 36.4 Å². The summed E-state index contributed by atoms with van der Waals surface area (Å²) in [7, 11) is 2.13. The van der Waals surface area contributed by atoms with E-state index in [9.17, 15) is 0 Å². The lowest BCUT2D eigenvalue weighted by molar-refractivity contribution is 0.911.